The van der Waals surface area contributed by atoms with Crippen LogP contribution in [0, 0.1) is 12.7 Å². The summed E-state index contributed by atoms with van der Waals surface area (Å²) in [7, 11) is -3.78. The van der Waals surface area contributed by atoms with Gasteiger partial charge in [-0.3, -0.25) is 4.72 Å². The Bertz CT molecular complexity index is 684. The lowest BCUT2D eigenvalue weighted by Crippen LogP contribution is -2.14. The van der Waals surface area contributed by atoms with Crippen molar-refractivity contribution in [2.75, 3.05) is 4.72 Å². The van der Waals surface area contributed by atoms with Crippen LogP contribution in [-0.4, -0.2) is 13.4 Å². The number of nitrogens with one attached hydrogen (secondary N) is 1. The molecule has 0 unspecified atom stereocenters. The van der Waals surface area contributed by atoms with Crippen molar-refractivity contribution in [1.29, 1.82) is 0 Å². The van der Waals surface area contributed by atoms with Gasteiger partial charge in [-0.1, -0.05) is 0 Å². The number of halogens is 1. The summed E-state index contributed by atoms with van der Waals surface area (Å²) in [6.07, 6.45) is 1.49. The van der Waals surface area contributed by atoms with E-state index in [1.165, 1.54) is 25.3 Å². The van der Waals surface area contributed by atoms with Gasteiger partial charge in [-0.05, 0) is 24.6 Å². The molecule has 5 nitrogen and oxygen atoms in total. The van der Waals surface area contributed by atoms with Crippen molar-refractivity contribution in [3.05, 3.63) is 40.7 Å². The summed E-state index contributed by atoms with van der Waals surface area (Å²) in [5.41, 5.74) is 5.81. The smallest absolute Gasteiger partial charge is 0.263 e. The van der Waals surface area contributed by atoms with E-state index in [4.69, 9.17) is 5.73 Å². The number of thiazole rings is 1. The fraction of sp³-hybridized carbons (Fsp3) is 0.182. The van der Waals surface area contributed by atoms with Crippen LogP contribution in [0.4, 0.5) is 9.52 Å². The molecule has 0 saturated heterocycles. The molecule has 0 bridgehead atoms. The zero-order valence-corrected chi connectivity index (χ0v) is 11.7. The van der Waals surface area contributed by atoms with Crippen LogP contribution in [-0.2, 0) is 16.6 Å². The van der Waals surface area contributed by atoms with Gasteiger partial charge in [0.25, 0.3) is 10.0 Å². The molecule has 19 heavy (non-hydrogen) atoms. The highest BCUT2D eigenvalue weighted by Crippen LogP contribution is 2.22. The first-order valence-corrected chi connectivity index (χ1v) is 7.71. The molecule has 1 aromatic carbocycles. The van der Waals surface area contributed by atoms with Crippen molar-refractivity contribution < 1.29 is 12.8 Å². The molecular formula is C11H12FN3O2S2. The zero-order valence-electron chi connectivity index (χ0n) is 10.1. The highest BCUT2D eigenvalue weighted by molar-refractivity contribution is 7.93. The van der Waals surface area contributed by atoms with Crippen molar-refractivity contribution in [3.63, 3.8) is 0 Å². The molecule has 1 aromatic heterocycles. The molecule has 102 valence electrons. The quantitative estimate of drug-likeness (QED) is 0.902. The van der Waals surface area contributed by atoms with E-state index in [1.807, 2.05) is 0 Å². The predicted molar refractivity (Wildman–Crippen MR) is 72.0 cm³/mol. The highest BCUT2D eigenvalue weighted by Gasteiger charge is 2.18. The van der Waals surface area contributed by atoms with Gasteiger partial charge < -0.3 is 5.73 Å². The average molecular weight is 301 g/mol. The lowest BCUT2D eigenvalue weighted by molar-refractivity contribution is 0.592. The second kappa shape index (κ2) is 5.24. The number of nitrogens with two attached hydrogens (primary N) is 1. The van der Waals surface area contributed by atoms with Gasteiger partial charge in [-0.2, -0.15) is 0 Å². The van der Waals surface area contributed by atoms with E-state index in [-0.39, 0.29) is 27.7 Å². The molecule has 0 saturated carbocycles. The standard InChI is InChI=1S/C11H12FN3O2S2/c1-7-4-9(5-8(6-13)10(7)12)19(16,17)15-11-14-2-3-18-11/h2-5H,6,13H2,1H3,(H,14,15). The number of anilines is 1. The van der Waals surface area contributed by atoms with Crippen molar-refractivity contribution >= 4 is 26.5 Å². The van der Waals surface area contributed by atoms with Gasteiger partial charge in [-0.15, -0.1) is 11.3 Å². The van der Waals surface area contributed by atoms with Crippen LogP contribution in [0.25, 0.3) is 0 Å². The van der Waals surface area contributed by atoms with E-state index in [0.29, 0.717) is 0 Å². The normalized spacial score (nSPS) is 11.5. The molecule has 8 heteroatoms. The van der Waals surface area contributed by atoms with Gasteiger partial charge in [0.1, 0.15) is 5.82 Å². The Morgan fingerprint density at radius 1 is 1.47 bits per heavy atom. The Kier molecular flexibility index (Phi) is 3.83. The van der Waals surface area contributed by atoms with Gasteiger partial charge in [0, 0.05) is 23.7 Å². The number of hydrogen-bond acceptors (Lipinski definition) is 5. The minimum Gasteiger partial charge on any atom is -0.326 e. The second-order valence-electron chi connectivity index (χ2n) is 3.86. The summed E-state index contributed by atoms with van der Waals surface area (Å²) in [4.78, 5) is 3.81. The van der Waals surface area contributed by atoms with Gasteiger partial charge in [0.15, 0.2) is 5.13 Å². The molecule has 2 aromatic rings. The summed E-state index contributed by atoms with van der Waals surface area (Å²) < 4.78 is 40.2. The Morgan fingerprint density at radius 2 is 2.21 bits per heavy atom. The third kappa shape index (κ3) is 2.91. The highest BCUT2D eigenvalue weighted by atomic mass is 32.2. The maximum atomic E-state index is 13.6. The topological polar surface area (TPSA) is 85.1 Å². The van der Waals surface area contributed by atoms with E-state index in [9.17, 15) is 12.8 Å². The van der Waals surface area contributed by atoms with Crippen LogP contribution in [0.5, 0.6) is 0 Å². The number of sulfonamides is 1. The lowest BCUT2D eigenvalue weighted by Gasteiger charge is -2.09. The van der Waals surface area contributed by atoms with Crippen molar-refractivity contribution in [2.45, 2.75) is 18.4 Å². The number of nitrogens with zero attached hydrogens (tertiary/aromatic N) is 1. The fourth-order valence-corrected chi connectivity index (χ4v) is 3.48. The SMILES string of the molecule is Cc1cc(S(=O)(=O)Nc2nccs2)cc(CN)c1F. The van der Waals surface area contributed by atoms with E-state index >= 15 is 0 Å². The third-order valence-electron chi connectivity index (χ3n) is 2.49. The molecule has 0 aliphatic heterocycles. The Morgan fingerprint density at radius 3 is 2.79 bits per heavy atom. The fourth-order valence-electron chi connectivity index (χ4n) is 1.56. The molecule has 0 amide bonds. The Hall–Kier alpha value is -1.51. The monoisotopic (exact) mass is 301 g/mol. The number of aromatic nitrogens is 1. The maximum absolute atomic E-state index is 13.6. The summed E-state index contributed by atoms with van der Waals surface area (Å²) >= 11 is 1.16. The summed E-state index contributed by atoms with van der Waals surface area (Å²) in [5.74, 6) is -0.476. The predicted octanol–water partition coefficient (Wildman–Crippen LogP) is 1.85. The molecule has 0 aliphatic carbocycles. The number of hydrogen-bond donors (Lipinski definition) is 2. The maximum Gasteiger partial charge on any atom is 0.263 e. The molecule has 2 rings (SSSR count). The third-order valence-corrected chi connectivity index (χ3v) is 4.62. The van der Waals surface area contributed by atoms with Gasteiger partial charge in [0.05, 0.1) is 4.90 Å². The summed E-state index contributed by atoms with van der Waals surface area (Å²) in [6, 6.07) is 2.50. The molecule has 0 fully saturated rings. The van der Waals surface area contributed by atoms with E-state index in [0.717, 1.165) is 11.3 Å². The van der Waals surface area contributed by atoms with Crippen LogP contribution in [0.1, 0.15) is 11.1 Å². The van der Waals surface area contributed by atoms with Crippen LogP contribution < -0.4 is 10.5 Å². The van der Waals surface area contributed by atoms with E-state index in [2.05, 4.69) is 9.71 Å². The van der Waals surface area contributed by atoms with Gasteiger partial charge >= 0.3 is 0 Å². The summed E-state index contributed by atoms with van der Waals surface area (Å²) in [6.45, 7) is 1.43. The van der Waals surface area contributed by atoms with Crippen molar-refractivity contribution in [1.82, 2.24) is 4.98 Å². The molecule has 3 N–H and O–H groups in total. The average Bonchev–Trinajstić information content (AvgIpc) is 2.84. The lowest BCUT2D eigenvalue weighted by atomic mass is 10.1. The first kappa shape index (κ1) is 13.9. The molecular weight excluding hydrogens is 289 g/mol. The molecule has 0 radical (unpaired) electrons. The minimum atomic E-state index is -3.78. The first-order chi connectivity index (χ1) is 8.94. The zero-order chi connectivity index (χ0) is 14.0. The molecule has 0 aliphatic rings. The van der Waals surface area contributed by atoms with Crippen LogP contribution >= 0.6 is 11.3 Å². The Labute approximate surface area is 114 Å². The minimum absolute atomic E-state index is 0.0259. The van der Waals surface area contributed by atoms with E-state index < -0.39 is 15.8 Å². The Balaban J connectivity index is 2.43. The number of benzene rings is 1. The molecule has 0 spiro atoms. The van der Waals surface area contributed by atoms with Crippen LogP contribution in [0.3, 0.4) is 0 Å². The molecule has 0 atom stereocenters. The van der Waals surface area contributed by atoms with Crippen molar-refractivity contribution in [2.24, 2.45) is 5.73 Å². The number of rotatable bonds is 4. The summed E-state index contributed by atoms with van der Waals surface area (Å²) in [5, 5.41) is 1.91. The van der Waals surface area contributed by atoms with E-state index in [1.54, 1.807) is 5.38 Å². The largest absolute Gasteiger partial charge is 0.326 e. The number of aryl methyl sites for hydroxylation is 1. The van der Waals surface area contributed by atoms with Crippen LogP contribution in [0.2, 0.25) is 0 Å². The first-order valence-electron chi connectivity index (χ1n) is 5.35. The second-order valence-corrected chi connectivity index (χ2v) is 6.44. The van der Waals surface area contributed by atoms with Crippen molar-refractivity contribution in [3.8, 4) is 0 Å². The van der Waals surface area contributed by atoms with Gasteiger partial charge in [0.2, 0.25) is 0 Å². The van der Waals surface area contributed by atoms with Crippen LogP contribution in [0.15, 0.2) is 28.6 Å². The van der Waals surface area contributed by atoms with Gasteiger partial charge in [-0.25, -0.2) is 17.8 Å². The molecule has 1 heterocycles.